The van der Waals surface area contributed by atoms with Gasteiger partial charge in [0, 0.05) is 19.6 Å². The third kappa shape index (κ3) is 4.90. The Bertz CT molecular complexity index is 964. The van der Waals surface area contributed by atoms with Crippen LogP contribution in [0.15, 0.2) is 71.1 Å². The summed E-state index contributed by atoms with van der Waals surface area (Å²) in [6.07, 6.45) is 0. The van der Waals surface area contributed by atoms with Gasteiger partial charge < -0.3 is 19.2 Å². The van der Waals surface area contributed by atoms with Crippen LogP contribution in [0.2, 0.25) is 0 Å². The van der Waals surface area contributed by atoms with Crippen LogP contribution in [0.25, 0.3) is 0 Å². The molecule has 6 nitrogen and oxygen atoms in total. The fourth-order valence-electron chi connectivity index (χ4n) is 3.57. The Morgan fingerprint density at radius 3 is 2.50 bits per heavy atom. The molecular weight excluding hydrogens is 380 g/mol. The van der Waals surface area contributed by atoms with Crippen LogP contribution in [0.3, 0.4) is 0 Å². The van der Waals surface area contributed by atoms with E-state index in [1.807, 2.05) is 61.5 Å². The number of carbonyl (C=O) groups is 1. The van der Waals surface area contributed by atoms with E-state index in [4.69, 9.17) is 13.9 Å². The molecule has 1 atom stereocenters. The zero-order valence-electron chi connectivity index (χ0n) is 17.0. The summed E-state index contributed by atoms with van der Waals surface area (Å²) in [4.78, 5) is 15.3. The minimum Gasteiger partial charge on any atom is -0.465 e. The molecule has 0 bridgehead atoms. The molecule has 0 aliphatic carbocycles. The first-order valence-electron chi connectivity index (χ1n) is 10.2. The fraction of sp³-hybridized carbons (Fsp3) is 0.292. The minimum atomic E-state index is -0.178. The summed E-state index contributed by atoms with van der Waals surface area (Å²) in [5, 5.41) is 3.07. The Hall–Kier alpha value is -3.09. The van der Waals surface area contributed by atoms with Crippen LogP contribution in [-0.2, 0) is 4.74 Å². The molecule has 0 radical (unpaired) electrons. The van der Waals surface area contributed by atoms with Crippen LogP contribution < -0.4 is 10.1 Å². The minimum absolute atomic E-state index is 0.0475. The molecule has 1 saturated heterocycles. The number of furan rings is 1. The molecule has 1 amide bonds. The molecule has 1 aliphatic rings. The number of para-hydroxylation sites is 2. The fourth-order valence-corrected chi connectivity index (χ4v) is 3.57. The van der Waals surface area contributed by atoms with Gasteiger partial charge in [0.2, 0.25) is 0 Å². The zero-order valence-corrected chi connectivity index (χ0v) is 17.0. The van der Waals surface area contributed by atoms with Gasteiger partial charge in [-0.15, -0.1) is 0 Å². The molecule has 4 rings (SSSR count). The second-order valence-corrected chi connectivity index (χ2v) is 7.23. The zero-order chi connectivity index (χ0) is 20.8. The van der Waals surface area contributed by atoms with Crippen molar-refractivity contribution in [3.8, 4) is 11.5 Å². The van der Waals surface area contributed by atoms with Crippen LogP contribution >= 0.6 is 0 Å². The van der Waals surface area contributed by atoms with E-state index < -0.39 is 0 Å². The summed E-state index contributed by atoms with van der Waals surface area (Å²) in [7, 11) is 0. The Labute approximate surface area is 176 Å². The first kappa shape index (κ1) is 20.2. The lowest BCUT2D eigenvalue weighted by Gasteiger charge is -2.33. The molecule has 1 unspecified atom stereocenters. The van der Waals surface area contributed by atoms with E-state index in [2.05, 4.69) is 10.2 Å². The summed E-state index contributed by atoms with van der Waals surface area (Å²) in [5.41, 5.74) is 0.498. The lowest BCUT2D eigenvalue weighted by Crippen LogP contribution is -2.43. The Morgan fingerprint density at radius 2 is 1.77 bits per heavy atom. The van der Waals surface area contributed by atoms with E-state index in [9.17, 15) is 4.79 Å². The Kier molecular flexibility index (Phi) is 6.47. The topological polar surface area (TPSA) is 63.9 Å². The number of hydrogen-bond donors (Lipinski definition) is 1. The van der Waals surface area contributed by atoms with Crippen molar-refractivity contribution in [3.63, 3.8) is 0 Å². The van der Waals surface area contributed by atoms with Gasteiger partial charge in [-0.3, -0.25) is 9.69 Å². The van der Waals surface area contributed by atoms with E-state index in [0.29, 0.717) is 36.8 Å². The van der Waals surface area contributed by atoms with Crippen LogP contribution in [0.1, 0.15) is 27.9 Å². The predicted molar refractivity (Wildman–Crippen MR) is 114 cm³/mol. The number of morpholine rings is 1. The van der Waals surface area contributed by atoms with Crippen molar-refractivity contribution >= 4 is 5.91 Å². The number of hydrogen-bond acceptors (Lipinski definition) is 5. The first-order chi connectivity index (χ1) is 14.7. The van der Waals surface area contributed by atoms with Crippen molar-refractivity contribution in [2.75, 3.05) is 32.8 Å². The molecular formula is C24H26N2O4. The van der Waals surface area contributed by atoms with Crippen molar-refractivity contribution in [2.24, 2.45) is 0 Å². The number of rotatable bonds is 7. The average Bonchev–Trinajstić information content (AvgIpc) is 3.21. The maximum Gasteiger partial charge on any atom is 0.255 e. The number of amides is 1. The van der Waals surface area contributed by atoms with Crippen LogP contribution in [0, 0.1) is 6.92 Å². The Morgan fingerprint density at radius 1 is 1.03 bits per heavy atom. The van der Waals surface area contributed by atoms with Crippen LogP contribution in [-0.4, -0.2) is 43.7 Å². The van der Waals surface area contributed by atoms with Crippen molar-refractivity contribution in [3.05, 3.63) is 83.8 Å². The molecule has 2 heterocycles. The number of benzene rings is 2. The molecule has 156 valence electrons. The number of carbonyl (C=O) groups excluding carboxylic acids is 1. The second kappa shape index (κ2) is 9.61. The molecule has 0 spiro atoms. The summed E-state index contributed by atoms with van der Waals surface area (Å²) in [6.45, 7) is 5.32. The quantitative estimate of drug-likeness (QED) is 0.638. The average molecular weight is 406 g/mol. The molecule has 6 heteroatoms. The maximum absolute atomic E-state index is 13.0. The van der Waals surface area contributed by atoms with Gasteiger partial charge >= 0.3 is 0 Å². The lowest BCUT2D eigenvalue weighted by atomic mass is 10.1. The van der Waals surface area contributed by atoms with Gasteiger partial charge in [-0.1, -0.05) is 30.3 Å². The number of ether oxygens (including phenoxy) is 2. The van der Waals surface area contributed by atoms with Crippen molar-refractivity contribution in [2.45, 2.75) is 13.0 Å². The highest BCUT2D eigenvalue weighted by atomic mass is 16.5. The standard InChI is InChI=1S/C24H26N2O4/c1-18-11-12-23(29-18)21(26-13-15-28-16-14-26)17-25-24(27)20-9-5-6-10-22(20)30-19-7-3-2-4-8-19/h2-12,21H,13-17H2,1H3,(H,25,27). The summed E-state index contributed by atoms with van der Waals surface area (Å²) in [5.74, 6) is 2.75. The highest BCUT2D eigenvalue weighted by Crippen LogP contribution is 2.26. The third-order valence-electron chi connectivity index (χ3n) is 5.13. The van der Waals surface area contributed by atoms with Crippen LogP contribution in [0.5, 0.6) is 11.5 Å². The van der Waals surface area contributed by atoms with Gasteiger partial charge in [-0.05, 0) is 43.3 Å². The first-order valence-corrected chi connectivity index (χ1v) is 10.2. The van der Waals surface area contributed by atoms with Gasteiger partial charge in [0.15, 0.2) is 0 Å². The maximum atomic E-state index is 13.0. The highest BCUT2D eigenvalue weighted by Gasteiger charge is 2.26. The summed E-state index contributed by atoms with van der Waals surface area (Å²) in [6, 6.07) is 20.6. The molecule has 1 aromatic heterocycles. The SMILES string of the molecule is Cc1ccc(C(CNC(=O)c2ccccc2Oc2ccccc2)N2CCOCC2)o1. The Balaban J connectivity index is 1.48. The molecule has 0 saturated carbocycles. The molecule has 30 heavy (non-hydrogen) atoms. The molecule has 1 N–H and O–H groups in total. The third-order valence-corrected chi connectivity index (χ3v) is 5.13. The normalized spacial score (nSPS) is 15.5. The number of aryl methyl sites for hydroxylation is 1. The van der Waals surface area contributed by atoms with Gasteiger partial charge in [-0.2, -0.15) is 0 Å². The lowest BCUT2D eigenvalue weighted by molar-refractivity contribution is 0.0117. The highest BCUT2D eigenvalue weighted by molar-refractivity contribution is 5.97. The van der Waals surface area contributed by atoms with Gasteiger partial charge in [-0.25, -0.2) is 0 Å². The summed E-state index contributed by atoms with van der Waals surface area (Å²) < 4.78 is 17.3. The van der Waals surface area contributed by atoms with Crippen LogP contribution in [0.4, 0.5) is 0 Å². The van der Waals surface area contributed by atoms with Crippen molar-refractivity contribution < 1.29 is 18.7 Å². The smallest absolute Gasteiger partial charge is 0.255 e. The number of nitrogens with one attached hydrogen (secondary N) is 1. The molecule has 2 aromatic carbocycles. The van der Waals surface area contributed by atoms with E-state index in [0.717, 1.165) is 24.6 Å². The van der Waals surface area contributed by atoms with Gasteiger partial charge in [0.1, 0.15) is 23.0 Å². The summed E-state index contributed by atoms with van der Waals surface area (Å²) >= 11 is 0. The van der Waals surface area contributed by atoms with E-state index >= 15 is 0 Å². The van der Waals surface area contributed by atoms with Crippen molar-refractivity contribution in [1.82, 2.24) is 10.2 Å². The molecule has 1 fully saturated rings. The van der Waals surface area contributed by atoms with Gasteiger partial charge in [0.25, 0.3) is 5.91 Å². The largest absolute Gasteiger partial charge is 0.465 e. The van der Waals surface area contributed by atoms with E-state index in [-0.39, 0.29) is 11.9 Å². The monoisotopic (exact) mass is 406 g/mol. The molecule has 3 aromatic rings. The predicted octanol–water partition coefficient (Wildman–Crippen LogP) is 4.18. The number of nitrogens with zero attached hydrogens (tertiary/aromatic N) is 1. The second-order valence-electron chi connectivity index (χ2n) is 7.23. The van der Waals surface area contributed by atoms with Crippen molar-refractivity contribution in [1.29, 1.82) is 0 Å². The van der Waals surface area contributed by atoms with E-state index in [1.165, 1.54) is 0 Å². The van der Waals surface area contributed by atoms with E-state index in [1.54, 1.807) is 12.1 Å². The van der Waals surface area contributed by atoms with Gasteiger partial charge in [0.05, 0.1) is 24.8 Å². The molecule has 1 aliphatic heterocycles.